The standard InChI is InChI=1S/C18H29ClN2/c1-3-5-14-10-12-21(13-11-14)18(17(20)4-2)15-6-8-16(19)9-7-15/h6-9,14,17-18H,3-5,10-13,20H2,1-2H3. The van der Waals surface area contributed by atoms with Crippen LogP contribution in [0, 0.1) is 5.92 Å². The molecule has 0 aromatic heterocycles. The van der Waals surface area contributed by atoms with Crippen LogP contribution in [0.3, 0.4) is 0 Å². The van der Waals surface area contributed by atoms with Crippen LogP contribution < -0.4 is 5.73 Å². The first kappa shape index (κ1) is 16.8. The minimum absolute atomic E-state index is 0.189. The van der Waals surface area contributed by atoms with Crippen LogP contribution in [0.5, 0.6) is 0 Å². The van der Waals surface area contributed by atoms with Gasteiger partial charge in [-0.2, -0.15) is 0 Å². The normalized spacial score (nSPS) is 20.4. The third-order valence-corrected chi connectivity index (χ3v) is 5.08. The molecule has 2 atom stereocenters. The summed E-state index contributed by atoms with van der Waals surface area (Å²) in [5.41, 5.74) is 7.74. The van der Waals surface area contributed by atoms with Gasteiger partial charge in [-0.1, -0.05) is 50.4 Å². The van der Waals surface area contributed by atoms with Crippen molar-refractivity contribution in [3.05, 3.63) is 34.9 Å². The summed E-state index contributed by atoms with van der Waals surface area (Å²) < 4.78 is 0. The summed E-state index contributed by atoms with van der Waals surface area (Å²) in [6, 6.07) is 8.76. The molecule has 3 heteroatoms. The molecule has 1 aliphatic heterocycles. The SMILES string of the molecule is CCCC1CCN(C(c2ccc(Cl)cc2)C(N)CC)CC1. The molecule has 1 aromatic carbocycles. The molecule has 1 heterocycles. The summed E-state index contributed by atoms with van der Waals surface area (Å²) in [5, 5.41) is 0.796. The van der Waals surface area contributed by atoms with Crippen molar-refractivity contribution in [3.63, 3.8) is 0 Å². The number of hydrogen-bond donors (Lipinski definition) is 1. The average Bonchev–Trinajstić information content (AvgIpc) is 2.51. The lowest BCUT2D eigenvalue weighted by molar-refractivity contribution is 0.111. The topological polar surface area (TPSA) is 29.3 Å². The van der Waals surface area contributed by atoms with E-state index in [1.165, 1.54) is 44.3 Å². The lowest BCUT2D eigenvalue weighted by atomic mass is 9.89. The van der Waals surface area contributed by atoms with Gasteiger partial charge in [0.25, 0.3) is 0 Å². The van der Waals surface area contributed by atoms with Crippen LogP contribution in [0.2, 0.25) is 5.02 Å². The molecule has 2 rings (SSSR count). The van der Waals surface area contributed by atoms with Crippen LogP contribution in [0.4, 0.5) is 0 Å². The van der Waals surface area contributed by atoms with E-state index in [4.69, 9.17) is 17.3 Å². The fourth-order valence-electron chi connectivity index (χ4n) is 3.54. The van der Waals surface area contributed by atoms with Crippen molar-refractivity contribution in [2.24, 2.45) is 11.7 Å². The Morgan fingerprint density at radius 3 is 2.33 bits per heavy atom. The number of nitrogens with zero attached hydrogens (tertiary/aromatic N) is 1. The predicted molar refractivity (Wildman–Crippen MR) is 91.7 cm³/mol. The number of rotatable bonds is 6. The zero-order valence-electron chi connectivity index (χ0n) is 13.4. The molecule has 0 radical (unpaired) electrons. The van der Waals surface area contributed by atoms with E-state index in [0.29, 0.717) is 6.04 Å². The van der Waals surface area contributed by atoms with E-state index in [9.17, 15) is 0 Å². The lowest BCUT2D eigenvalue weighted by Crippen LogP contribution is -2.44. The molecule has 1 fully saturated rings. The Balaban J connectivity index is 2.09. The highest BCUT2D eigenvalue weighted by Crippen LogP contribution is 2.31. The van der Waals surface area contributed by atoms with Crippen LogP contribution in [-0.2, 0) is 0 Å². The van der Waals surface area contributed by atoms with Gasteiger partial charge < -0.3 is 5.73 Å². The zero-order valence-corrected chi connectivity index (χ0v) is 14.1. The molecule has 2 unspecified atom stereocenters. The van der Waals surface area contributed by atoms with Gasteiger partial charge in [0.15, 0.2) is 0 Å². The van der Waals surface area contributed by atoms with Crippen LogP contribution in [0.15, 0.2) is 24.3 Å². The van der Waals surface area contributed by atoms with Crippen LogP contribution in [0.25, 0.3) is 0 Å². The van der Waals surface area contributed by atoms with Crippen molar-refractivity contribution in [2.45, 2.75) is 58.0 Å². The van der Waals surface area contributed by atoms with Gasteiger partial charge in [-0.05, 0) is 56.0 Å². The maximum Gasteiger partial charge on any atom is 0.0499 e. The number of likely N-dealkylation sites (tertiary alicyclic amines) is 1. The molecule has 2 nitrogen and oxygen atoms in total. The number of benzene rings is 1. The molecular formula is C18H29ClN2. The summed E-state index contributed by atoms with van der Waals surface area (Å²) in [4.78, 5) is 2.59. The molecule has 1 aliphatic rings. The molecule has 0 bridgehead atoms. The quantitative estimate of drug-likeness (QED) is 0.830. The molecule has 0 spiro atoms. The van der Waals surface area contributed by atoms with Crippen LogP contribution in [-0.4, -0.2) is 24.0 Å². The van der Waals surface area contributed by atoms with Gasteiger partial charge in [-0.25, -0.2) is 0 Å². The molecule has 118 valence electrons. The highest BCUT2D eigenvalue weighted by Gasteiger charge is 2.29. The summed E-state index contributed by atoms with van der Waals surface area (Å²) in [6.07, 6.45) is 6.31. The van der Waals surface area contributed by atoms with Gasteiger partial charge in [-0.3, -0.25) is 4.90 Å². The Morgan fingerprint density at radius 1 is 1.19 bits per heavy atom. The van der Waals surface area contributed by atoms with E-state index in [-0.39, 0.29) is 6.04 Å². The minimum atomic E-state index is 0.189. The Kier molecular flexibility index (Phi) is 6.53. The second-order valence-corrected chi connectivity index (χ2v) is 6.77. The molecule has 1 aromatic rings. The minimum Gasteiger partial charge on any atom is -0.326 e. The predicted octanol–water partition coefficient (Wildman–Crippen LogP) is 4.63. The van der Waals surface area contributed by atoms with E-state index >= 15 is 0 Å². The molecule has 0 amide bonds. The second-order valence-electron chi connectivity index (χ2n) is 6.34. The van der Waals surface area contributed by atoms with Crippen molar-refractivity contribution in [1.29, 1.82) is 0 Å². The van der Waals surface area contributed by atoms with Gasteiger partial charge in [0.05, 0.1) is 0 Å². The monoisotopic (exact) mass is 308 g/mol. The smallest absolute Gasteiger partial charge is 0.0499 e. The first-order valence-corrected chi connectivity index (χ1v) is 8.78. The molecule has 2 N–H and O–H groups in total. The van der Waals surface area contributed by atoms with E-state index < -0.39 is 0 Å². The average molecular weight is 309 g/mol. The van der Waals surface area contributed by atoms with E-state index in [2.05, 4.69) is 30.9 Å². The van der Waals surface area contributed by atoms with Crippen molar-refractivity contribution in [1.82, 2.24) is 4.90 Å². The Hall–Kier alpha value is -0.570. The molecule has 21 heavy (non-hydrogen) atoms. The fraction of sp³-hybridized carbons (Fsp3) is 0.667. The summed E-state index contributed by atoms with van der Waals surface area (Å²) in [5.74, 6) is 0.912. The van der Waals surface area contributed by atoms with Gasteiger partial charge in [0.1, 0.15) is 0 Å². The zero-order chi connectivity index (χ0) is 15.2. The van der Waals surface area contributed by atoms with Crippen molar-refractivity contribution in [3.8, 4) is 0 Å². The lowest BCUT2D eigenvalue weighted by Gasteiger charge is -2.40. The first-order valence-electron chi connectivity index (χ1n) is 8.40. The first-order chi connectivity index (χ1) is 10.2. The van der Waals surface area contributed by atoms with Gasteiger partial charge in [-0.15, -0.1) is 0 Å². The highest BCUT2D eigenvalue weighted by molar-refractivity contribution is 6.30. The van der Waals surface area contributed by atoms with Crippen molar-refractivity contribution >= 4 is 11.6 Å². The summed E-state index contributed by atoms with van der Waals surface area (Å²) in [7, 11) is 0. The second kappa shape index (κ2) is 8.17. The van der Waals surface area contributed by atoms with Gasteiger partial charge in [0, 0.05) is 17.1 Å². The van der Waals surface area contributed by atoms with Crippen LogP contribution >= 0.6 is 11.6 Å². The van der Waals surface area contributed by atoms with Crippen LogP contribution in [0.1, 0.15) is 57.6 Å². The summed E-state index contributed by atoms with van der Waals surface area (Å²) >= 11 is 6.02. The van der Waals surface area contributed by atoms with E-state index in [1.807, 2.05) is 12.1 Å². The maximum atomic E-state index is 6.44. The molecular weight excluding hydrogens is 280 g/mol. The maximum absolute atomic E-state index is 6.44. The number of nitrogens with two attached hydrogens (primary N) is 1. The third-order valence-electron chi connectivity index (χ3n) is 4.83. The van der Waals surface area contributed by atoms with Crippen molar-refractivity contribution in [2.75, 3.05) is 13.1 Å². The Bertz CT molecular complexity index is 410. The highest BCUT2D eigenvalue weighted by atomic mass is 35.5. The number of piperidine rings is 1. The van der Waals surface area contributed by atoms with Gasteiger partial charge >= 0.3 is 0 Å². The number of hydrogen-bond acceptors (Lipinski definition) is 2. The van der Waals surface area contributed by atoms with Gasteiger partial charge in [0.2, 0.25) is 0 Å². The Labute approximate surface area is 134 Å². The van der Waals surface area contributed by atoms with E-state index in [0.717, 1.165) is 17.4 Å². The summed E-state index contributed by atoms with van der Waals surface area (Å²) in [6.45, 7) is 6.81. The molecule has 1 saturated heterocycles. The molecule has 0 saturated carbocycles. The van der Waals surface area contributed by atoms with Crippen molar-refractivity contribution < 1.29 is 0 Å². The number of halogens is 1. The van der Waals surface area contributed by atoms with E-state index in [1.54, 1.807) is 0 Å². The Morgan fingerprint density at radius 2 is 1.81 bits per heavy atom. The largest absolute Gasteiger partial charge is 0.326 e. The fourth-order valence-corrected chi connectivity index (χ4v) is 3.67. The molecule has 0 aliphatic carbocycles. The third kappa shape index (κ3) is 4.45.